The number of aryl methyl sites for hydroxylation is 1. The summed E-state index contributed by atoms with van der Waals surface area (Å²) in [7, 11) is 1.87. The summed E-state index contributed by atoms with van der Waals surface area (Å²) in [5, 5.41) is 18.3. The number of hydrogen-bond acceptors (Lipinski definition) is 4. The van der Waals surface area contributed by atoms with Crippen LogP contribution >= 0.6 is 0 Å². The molecule has 3 amide bonds. The van der Waals surface area contributed by atoms with E-state index in [1.165, 1.54) is 0 Å². The Kier molecular flexibility index (Phi) is 7.73. The summed E-state index contributed by atoms with van der Waals surface area (Å²) in [6.07, 6.45) is 3.67. The third-order valence-corrected chi connectivity index (χ3v) is 5.43. The Hall–Kier alpha value is -5.51. The minimum atomic E-state index is -0.328. The zero-order valence-corrected chi connectivity index (χ0v) is 20.5. The van der Waals surface area contributed by atoms with Gasteiger partial charge in [-0.1, -0.05) is 0 Å². The first-order valence-electron chi connectivity index (χ1n) is 11.6. The second kappa shape index (κ2) is 11.5. The lowest BCUT2D eigenvalue weighted by Crippen LogP contribution is -2.27. The number of carbonyl (C=O) groups is 3. The standard InChI is InChI=1S/C28H25N7O3/c1-35-16-2-3-24(17-35)33-27(38)20-6-12-22(13-7-20)31-25(36)18-4-10-21(11-5-18)32-26(37)19-8-14-23(15-9-19)34-28(29)30/h2-17H,1H3,(H6-,29,30,31,32,33,34,36,37,38)/p+1. The van der Waals surface area contributed by atoms with Gasteiger partial charge in [0.2, 0.25) is 0 Å². The normalized spacial score (nSPS) is 10.2. The molecule has 0 aliphatic heterocycles. The monoisotopic (exact) mass is 508 g/mol. The molecule has 10 heteroatoms. The number of benzene rings is 3. The topological polar surface area (TPSA) is 153 Å². The van der Waals surface area contributed by atoms with E-state index in [4.69, 9.17) is 11.1 Å². The zero-order valence-electron chi connectivity index (χ0n) is 20.5. The molecule has 0 aliphatic carbocycles. The van der Waals surface area contributed by atoms with Crippen LogP contribution in [0.4, 0.5) is 22.7 Å². The minimum Gasteiger partial charge on any atom is -0.370 e. The highest BCUT2D eigenvalue weighted by Crippen LogP contribution is 2.16. The maximum atomic E-state index is 12.7. The molecule has 0 atom stereocenters. The summed E-state index contributed by atoms with van der Waals surface area (Å²) in [5.41, 5.74) is 8.93. The molecule has 0 fully saturated rings. The zero-order chi connectivity index (χ0) is 27.1. The Morgan fingerprint density at radius 3 is 1.34 bits per heavy atom. The summed E-state index contributed by atoms with van der Waals surface area (Å²) in [4.78, 5) is 37.6. The Balaban J connectivity index is 1.32. The van der Waals surface area contributed by atoms with Gasteiger partial charge in [0.15, 0.2) is 18.4 Å². The van der Waals surface area contributed by atoms with Crippen LogP contribution in [0.2, 0.25) is 0 Å². The molecule has 1 heterocycles. The Morgan fingerprint density at radius 1 is 0.605 bits per heavy atom. The fourth-order valence-corrected chi connectivity index (χ4v) is 3.54. The van der Waals surface area contributed by atoms with Crippen LogP contribution in [0, 0.1) is 5.41 Å². The molecule has 10 nitrogen and oxygen atoms in total. The van der Waals surface area contributed by atoms with E-state index in [-0.39, 0.29) is 23.7 Å². The van der Waals surface area contributed by atoms with E-state index in [0.717, 1.165) is 0 Å². The molecule has 4 aromatic rings. The third kappa shape index (κ3) is 6.79. The number of carbonyl (C=O) groups excluding carboxylic acids is 3. The van der Waals surface area contributed by atoms with Gasteiger partial charge in [0.25, 0.3) is 17.7 Å². The molecular formula is C28H26N7O3+. The fraction of sp³-hybridized carbons (Fsp3) is 0.0357. The number of nitrogens with one attached hydrogen (secondary N) is 5. The second-order valence-electron chi connectivity index (χ2n) is 8.39. The second-order valence-corrected chi connectivity index (χ2v) is 8.39. The molecule has 38 heavy (non-hydrogen) atoms. The summed E-state index contributed by atoms with van der Waals surface area (Å²) < 4.78 is 1.84. The highest BCUT2D eigenvalue weighted by Gasteiger charge is 2.11. The summed E-state index contributed by atoms with van der Waals surface area (Å²) >= 11 is 0. The van der Waals surface area contributed by atoms with Crippen LogP contribution in [0.5, 0.6) is 0 Å². The molecule has 0 bridgehead atoms. The highest BCUT2D eigenvalue weighted by molar-refractivity contribution is 6.07. The smallest absolute Gasteiger partial charge is 0.255 e. The predicted molar refractivity (Wildman–Crippen MR) is 146 cm³/mol. The molecule has 3 aromatic carbocycles. The van der Waals surface area contributed by atoms with Crippen molar-refractivity contribution in [3.05, 3.63) is 114 Å². The van der Waals surface area contributed by atoms with E-state index >= 15 is 0 Å². The molecule has 0 radical (unpaired) electrons. The van der Waals surface area contributed by atoms with Gasteiger partial charge in [0.1, 0.15) is 12.7 Å². The lowest BCUT2D eigenvalue weighted by atomic mass is 10.1. The number of nitrogens with zero attached hydrogens (tertiary/aromatic N) is 1. The van der Waals surface area contributed by atoms with Crippen LogP contribution in [-0.4, -0.2) is 23.7 Å². The molecule has 0 spiro atoms. The van der Waals surface area contributed by atoms with E-state index in [9.17, 15) is 14.4 Å². The first-order valence-corrected chi connectivity index (χ1v) is 11.6. The number of rotatable bonds is 7. The van der Waals surface area contributed by atoms with Crippen LogP contribution < -0.4 is 31.6 Å². The summed E-state index contributed by atoms with van der Waals surface area (Å²) in [6.45, 7) is 0. The van der Waals surface area contributed by atoms with Crippen molar-refractivity contribution in [1.82, 2.24) is 0 Å². The molecule has 1 aromatic heterocycles. The lowest BCUT2D eigenvalue weighted by molar-refractivity contribution is -0.670. The summed E-state index contributed by atoms with van der Waals surface area (Å²) in [6, 6.07) is 23.2. The molecule has 190 valence electrons. The Bertz CT molecular complexity index is 1480. The lowest BCUT2D eigenvalue weighted by Gasteiger charge is -2.09. The number of amides is 3. The molecule has 0 saturated heterocycles. The van der Waals surface area contributed by atoms with E-state index in [1.54, 1.807) is 85.1 Å². The molecule has 4 rings (SSSR count). The Morgan fingerprint density at radius 2 is 0.974 bits per heavy atom. The van der Waals surface area contributed by atoms with Crippen molar-refractivity contribution in [3.8, 4) is 0 Å². The largest absolute Gasteiger partial charge is 0.370 e. The maximum Gasteiger partial charge on any atom is 0.255 e. The van der Waals surface area contributed by atoms with Crippen LogP contribution in [-0.2, 0) is 7.05 Å². The molecule has 0 unspecified atom stereocenters. The van der Waals surface area contributed by atoms with Crippen LogP contribution in [0.25, 0.3) is 0 Å². The Labute approximate surface area is 219 Å². The predicted octanol–water partition coefficient (Wildman–Crippen LogP) is 3.57. The van der Waals surface area contributed by atoms with Crippen molar-refractivity contribution < 1.29 is 19.0 Å². The van der Waals surface area contributed by atoms with Crippen molar-refractivity contribution in [3.63, 3.8) is 0 Å². The maximum absolute atomic E-state index is 12.7. The van der Waals surface area contributed by atoms with Crippen LogP contribution in [0.15, 0.2) is 97.3 Å². The van der Waals surface area contributed by atoms with Crippen molar-refractivity contribution in [2.24, 2.45) is 12.8 Å². The van der Waals surface area contributed by atoms with Gasteiger partial charge in [0, 0.05) is 39.8 Å². The van der Waals surface area contributed by atoms with Gasteiger partial charge in [-0.15, -0.1) is 0 Å². The molecule has 7 N–H and O–H groups in total. The van der Waals surface area contributed by atoms with E-state index in [1.807, 2.05) is 23.9 Å². The minimum absolute atomic E-state index is 0.191. The van der Waals surface area contributed by atoms with Crippen LogP contribution in [0.1, 0.15) is 31.1 Å². The van der Waals surface area contributed by atoms with Gasteiger partial charge in [-0.05, 0) is 78.9 Å². The van der Waals surface area contributed by atoms with Crippen molar-refractivity contribution in [2.75, 3.05) is 21.3 Å². The number of pyridine rings is 1. The van der Waals surface area contributed by atoms with Gasteiger partial charge in [-0.25, -0.2) is 4.57 Å². The number of aromatic nitrogens is 1. The van der Waals surface area contributed by atoms with Crippen molar-refractivity contribution >= 4 is 46.4 Å². The van der Waals surface area contributed by atoms with E-state index < -0.39 is 0 Å². The van der Waals surface area contributed by atoms with Gasteiger partial charge in [-0.3, -0.25) is 19.8 Å². The average Bonchev–Trinajstić information content (AvgIpc) is 2.89. The van der Waals surface area contributed by atoms with E-state index in [2.05, 4.69) is 21.3 Å². The third-order valence-electron chi connectivity index (χ3n) is 5.43. The van der Waals surface area contributed by atoms with Crippen molar-refractivity contribution in [1.29, 1.82) is 5.41 Å². The SMILES string of the molecule is C[n+]1cccc(NC(=O)c2ccc(NC(=O)c3ccc(NC(=O)c4ccc(NC(=N)N)cc4)cc3)cc2)c1. The number of guanidine groups is 1. The van der Waals surface area contributed by atoms with E-state index in [0.29, 0.717) is 39.4 Å². The average molecular weight is 509 g/mol. The number of anilines is 4. The van der Waals surface area contributed by atoms with Gasteiger partial charge in [-0.2, -0.15) is 0 Å². The van der Waals surface area contributed by atoms with Gasteiger partial charge in [0.05, 0.1) is 0 Å². The molecule has 0 saturated carbocycles. The fourth-order valence-electron chi connectivity index (χ4n) is 3.54. The molecular weight excluding hydrogens is 482 g/mol. The first kappa shape index (κ1) is 25.6. The van der Waals surface area contributed by atoms with Gasteiger partial charge >= 0.3 is 0 Å². The highest BCUT2D eigenvalue weighted by atomic mass is 16.2. The number of nitrogens with two attached hydrogens (primary N) is 1. The van der Waals surface area contributed by atoms with Gasteiger partial charge < -0.3 is 27.0 Å². The van der Waals surface area contributed by atoms with Crippen LogP contribution in [0.3, 0.4) is 0 Å². The quantitative estimate of drug-likeness (QED) is 0.128. The van der Waals surface area contributed by atoms with Crippen molar-refractivity contribution in [2.45, 2.75) is 0 Å². The first-order chi connectivity index (χ1) is 18.3. The summed E-state index contributed by atoms with van der Waals surface area (Å²) in [5.74, 6) is -1.09. The number of hydrogen-bond donors (Lipinski definition) is 6. The molecule has 0 aliphatic rings.